The number of hydrogen-bond donors (Lipinski definition) is 1. The second kappa shape index (κ2) is 4.61. The van der Waals surface area contributed by atoms with Gasteiger partial charge in [-0.15, -0.1) is 0 Å². The van der Waals surface area contributed by atoms with Crippen molar-refractivity contribution in [3.05, 3.63) is 23.5 Å². The molecule has 0 aliphatic carbocycles. The number of nitrogens with one attached hydrogen (secondary N) is 1. The zero-order valence-corrected chi connectivity index (χ0v) is 11.7. The van der Waals surface area contributed by atoms with Crippen LogP contribution in [0.4, 0.5) is 0 Å². The first-order valence-electron chi connectivity index (χ1n) is 5.67. The second-order valence-corrected chi connectivity index (χ2v) is 5.95. The standard InChI is InChI=1S/C11H14N4O3S/c1-4-15-10-8(6-12-15)5-9(7(2)13-10)11(16)14-19(3,17)18/h5-6H,4H2,1-3H3,(H,14,16). The van der Waals surface area contributed by atoms with Gasteiger partial charge in [-0.1, -0.05) is 0 Å². The predicted molar refractivity (Wildman–Crippen MR) is 70.2 cm³/mol. The molecular formula is C11H14N4O3S. The number of pyridine rings is 1. The fraction of sp³-hybridized carbons (Fsp3) is 0.364. The minimum absolute atomic E-state index is 0.230. The maximum absolute atomic E-state index is 11.8. The molecule has 0 bridgehead atoms. The summed E-state index contributed by atoms with van der Waals surface area (Å²) >= 11 is 0. The molecule has 0 saturated heterocycles. The number of carbonyl (C=O) groups excluding carboxylic acids is 1. The van der Waals surface area contributed by atoms with Crippen LogP contribution < -0.4 is 4.72 Å². The zero-order chi connectivity index (χ0) is 14.2. The highest BCUT2D eigenvalue weighted by atomic mass is 32.2. The highest BCUT2D eigenvalue weighted by Gasteiger charge is 2.16. The van der Waals surface area contributed by atoms with Gasteiger partial charge in [0.15, 0.2) is 5.65 Å². The molecule has 2 aromatic heterocycles. The summed E-state index contributed by atoms with van der Waals surface area (Å²) in [5.74, 6) is -0.682. The number of hydrogen-bond acceptors (Lipinski definition) is 5. The van der Waals surface area contributed by atoms with Gasteiger partial charge in [0, 0.05) is 11.9 Å². The Labute approximate surface area is 110 Å². The highest BCUT2D eigenvalue weighted by molar-refractivity contribution is 7.89. The molecule has 0 atom stereocenters. The number of aryl methyl sites for hydroxylation is 2. The SMILES string of the molecule is CCn1ncc2cc(C(=O)NS(C)(=O)=O)c(C)nc21. The molecule has 102 valence electrons. The third-order valence-electron chi connectivity index (χ3n) is 2.62. The fourth-order valence-electron chi connectivity index (χ4n) is 1.78. The Morgan fingerprint density at radius 2 is 2.16 bits per heavy atom. The lowest BCUT2D eigenvalue weighted by atomic mass is 10.1. The normalized spacial score (nSPS) is 11.7. The molecule has 0 fully saturated rings. The van der Waals surface area contributed by atoms with Gasteiger partial charge in [-0.25, -0.2) is 22.8 Å². The van der Waals surface area contributed by atoms with Crippen LogP contribution in [0.25, 0.3) is 11.0 Å². The van der Waals surface area contributed by atoms with E-state index in [9.17, 15) is 13.2 Å². The molecule has 2 heterocycles. The van der Waals surface area contributed by atoms with Crippen LogP contribution in [0, 0.1) is 6.92 Å². The van der Waals surface area contributed by atoms with Crippen molar-refractivity contribution >= 4 is 27.0 Å². The van der Waals surface area contributed by atoms with Gasteiger partial charge in [-0.3, -0.25) is 4.79 Å². The van der Waals surface area contributed by atoms with Gasteiger partial charge in [-0.05, 0) is 19.9 Å². The molecule has 2 rings (SSSR count). The molecule has 1 amide bonds. The molecule has 8 heteroatoms. The minimum atomic E-state index is -3.59. The highest BCUT2D eigenvalue weighted by Crippen LogP contribution is 2.16. The number of aromatic nitrogens is 3. The van der Waals surface area contributed by atoms with Crippen molar-refractivity contribution in [2.75, 3.05) is 6.26 Å². The van der Waals surface area contributed by atoms with Crippen LogP contribution in [0.3, 0.4) is 0 Å². The van der Waals surface area contributed by atoms with Crippen molar-refractivity contribution in [2.24, 2.45) is 0 Å². The molecule has 2 aromatic rings. The second-order valence-electron chi connectivity index (χ2n) is 4.20. The molecule has 0 saturated carbocycles. The van der Waals surface area contributed by atoms with E-state index in [-0.39, 0.29) is 5.56 Å². The van der Waals surface area contributed by atoms with E-state index in [1.165, 1.54) is 0 Å². The summed E-state index contributed by atoms with van der Waals surface area (Å²) in [6.45, 7) is 4.27. The molecule has 1 N–H and O–H groups in total. The Morgan fingerprint density at radius 1 is 1.47 bits per heavy atom. The number of fused-ring (bicyclic) bond motifs is 1. The fourth-order valence-corrected chi connectivity index (χ4v) is 2.23. The van der Waals surface area contributed by atoms with E-state index in [0.29, 0.717) is 23.3 Å². The molecular weight excluding hydrogens is 268 g/mol. The summed E-state index contributed by atoms with van der Waals surface area (Å²) in [7, 11) is -3.59. The van der Waals surface area contributed by atoms with E-state index in [1.807, 2.05) is 11.6 Å². The molecule has 0 radical (unpaired) electrons. The van der Waals surface area contributed by atoms with Crippen molar-refractivity contribution in [3.8, 4) is 0 Å². The van der Waals surface area contributed by atoms with Gasteiger partial charge in [0.2, 0.25) is 10.0 Å². The smallest absolute Gasteiger partial charge is 0.266 e. The van der Waals surface area contributed by atoms with Gasteiger partial charge in [0.25, 0.3) is 5.91 Å². The van der Waals surface area contributed by atoms with Crippen molar-refractivity contribution in [1.82, 2.24) is 19.5 Å². The van der Waals surface area contributed by atoms with Crippen molar-refractivity contribution in [2.45, 2.75) is 20.4 Å². The summed E-state index contributed by atoms with van der Waals surface area (Å²) < 4.78 is 25.8. The third kappa shape index (κ3) is 2.73. The Hall–Kier alpha value is -1.96. The number of amides is 1. The summed E-state index contributed by atoms with van der Waals surface area (Å²) in [6, 6.07) is 1.59. The van der Waals surface area contributed by atoms with E-state index in [0.717, 1.165) is 6.26 Å². The Kier molecular flexibility index (Phi) is 3.27. The number of rotatable bonds is 3. The maximum atomic E-state index is 11.8. The lowest BCUT2D eigenvalue weighted by Crippen LogP contribution is -2.30. The Balaban J connectivity index is 2.50. The summed E-state index contributed by atoms with van der Waals surface area (Å²) in [5.41, 5.74) is 1.37. The quantitative estimate of drug-likeness (QED) is 0.882. The molecule has 0 aromatic carbocycles. The van der Waals surface area contributed by atoms with Gasteiger partial charge >= 0.3 is 0 Å². The molecule has 19 heavy (non-hydrogen) atoms. The summed E-state index contributed by atoms with van der Waals surface area (Å²) in [4.78, 5) is 16.1. The molecule has 0 unspecified atom stereocenters. The van der Waals surface area contributed by atoms with Crippen LogP contribution in [0.2, 0.25) is 0 Å². The van der Waals surface area contributed by atoms with E-state index in [4.69, 9.17) is 0 Å². The van der Waals surface area contributed by atoms with Crippen LogP contribution in [0.1, 0.15) is 23.0 Å². The van der Waals surface area contributed by atoms with Gasteiger partial charge in [0.1, 0.15) is 0 Å². The first kappa shape index (κ1) is 13.5. The average Bonchev–Trinajstić information content (AvgIpc) is 2.67. The van der Waals surface area contributed by atoms with Crippen LogP contribution in [0.15, 0.2) is 12.3 Å². The van der Waals surface area contributed by atoms with Crippen LogP contribution in [-0.2, 0) is 16.6 Å². The van der Waals surface area contributed by atoms with Crippen molar-refractivity contribution in [3.63, 3.8) is 0 Å². The minimum Gasteiger partial charge on any atom is -0.268 e. The monoisotopic (exact) mass is 282 g/mol. The van der Waals surface area contributed by atoms with Crippen molar-refractivity contribution < 1.29 is 13.2 Å². The number of carbonyl (C=O) groups is 1. The first-order chi connectivity index (χ1) is 8.81. The maximum Gasteiger partial charge on any atom is 0.266 e. The molecule has 0 aliphatic rings. The lowest BCUT2D eigenvalue weighted by molar-refractivity contribution is 0.0981. The van der Waals surface area contributed by atoms with E-state index >= 15 is 0 Å². The van der Waals surface area contributed by atoms with Crippen LogP contribution in [0.5, 0.6) is 0 Å². The van der Waals surface area contributed by atoms with Crippen LogP contribution >= 0.6 is 0 Å². The summed E-state index contributed by atoms with van der Waals surface area (Å²) in [5, 5.41) is 4.83. The van der Waals surface area contributed by atoms with Gasteiger partial charge < -0.3 is 0 Å². The molecule has 7 nitrogen and oxygen atoms in total. The number of sulfonamides is 1. The molecule has 0 aliphatic heterocycles. The Morgan fingerprint density at radius 3 is 2.74 bits per heavy atom. The third-order valence-corrected chi connectivity index (χ3v) is 3.18. The molecule has 0 spiro atoms. The first-order valence-corrected chi connectivity index (χ1v) is 7.56. The Bertz CT molecular complexity index is 749. The largest absolute Gasteiger partial charge is 0.268 e. The van der Waals surface area contributed by atoms with E-state index < -0.39 is 15.9 Å². The van der Waals surface area contributed by atoms with Gasteiger partial charge in [0.05, 0.1) is 23.7 Å². The predicted octanol–water partition coefficient (Wildman–Crippen LogP) is 0.449. The van der Waals surface area contributed by atoms with Crippen LogP contribution in [-0.4, -0.2) is 35.3 Å². The average molecular weight is 282 g/mol. The van der Waals surface area contributed by atoms with Crippen molar-refractivity contribution in [1.29, 1.82) is 0 Å². The summed E-state index contributed by atoms with van der Waals surface area (Å²) in [6.07, 6.45) is 2.53. The van der Waals surface area contributed by atoms with Gasteiger partial charge in [-0.2, -0.15) is 5.10 Å². The topological polar surface area (TPSA) is 94.0 Å². The number of nitrogens with zero attached hydrogens (tertiary/aromatic N) is 3. The van der Waals surface area contributed by atoms with E-state index in [1.54, 1.807) is 23.9 Å². The zero-order valence-electron chi connectivity index (χ0n) is 10.8. The lowest BCUT2D eigenvalue weighted by Gasteiger charge is -2.06. The van der Waals surface area contributed by atoms with E-state index in [2.05, 4.69) is 10.1 Å².